The van der Waals surface area contributed by atoms with Crippen LogP contribution in [0.15, 0.2) is 18.2 Å². The van der Waals surface area contributed by atoms with Crippen LogP contribution in [0.1, 0.15) is 27.2 Å². The first kappa shape index (κ1) is 15.1. The molecular formula is C13H18Cl2N2O. The van der Waals surface area contributed by atoms with Crippen molar-refractivity contribution in [2.75, 3.05) is 11.9 Å². The summed E-state index contributed by atoms with van der Waals surface area (Å²) in [5, 5.41) is 7.15. The zero-order valence-electron chi connectivity index (χ0n) is 10.8. The lowest BCUT2D eigenvalue weighted by Crippen LogP contribution is -2.41. The monoisotopic (exact) mass is 288 g/mol. The van der Waals surface area contributed by atoms with E-state index in [4.69, 9.17) is 23.2 Å². The molecule has 2 N–H and O–H groups in total. The third-order valence-corrected chi connectivity index (χ3v) is 2.66. The highest BCUT2D eigenvalue weighted by atomic mass is 35.5. The van der Waals surface area contributed by atoms with E-state index in [1.165, 1.54) is 0 Å². The number of nitrogens with one attached hydrogen (secondary N) is 2. The molecule has 0 saturated carbocycles. The van der Waals surface area contributed by atoms with E-state index in [0.29, 0.717) is 23.0 Å². The van der Waals surface area contributed by atoms with Gasteiger partial charge in [0, 0.05) is 23.5 Å². The second kappa shape index (κ2) is 6.30. The number of anilines is 1. The summed E-state index contributed by atoms with van der Waals surface area (Å²) in [4.78, 5) is 11.6. The van der Waals surface area contributed by atoms with Crippen molar-refractivity contribution in [1.29, 1.82) is 0 Å². The third-order valence-electron chi connectivity index (χ3n) is 2.11. The minimum absolute atomic E-state index is 0.0140. The molecule has 0 aliphatic rings. The molecule has 0 aliphatic carbocycles. The van der Waals surface area contributed by atoms with Crippen molar-refractivity contribution in [1.82, 2.24) is 5.32 Å². The summed E-state index contributed by atoms with van der Waals surface area (Å²) in [6.45, 7) is 6.39. The third kappa shape index (κ3) is 5.61. The zero-order chi connectivity index (χ0) is 13.8. The van der Waals surface area contributed by atoms with Crippen molar-refractivity contribution in [3.63, 3.8) is 0 Å². The van der Waals surface area contributed by atoms with Gasteiger partial charge < -0.3 is 10.6 Å². The molecule has 0 atom stereocenters. The van der Waals surface area contributed by atoms with Gasteiger partial charge in [0.2, 0.25) is 5.91 Å². The lowest BCUT2D eigenvalue weighted by Gasteiger charge is -2.20. The normalized spacial score (nSPS) is 11.2. The van der Waals surface area contributed by atoms with Crippen LogP contribution in [0, 0.1) is 0 Å². The largest absolute Gasteiger partial charge is 0.383 e. The number of hydrogen-bond donors (Lipinski definition) is 2. The molecule has 5 heteroatoms. The molecule has 0 radical (unpaired) electrons. The van der Waals surface area contributed by atoms with Crippen molar-refractivity contribution in [2.45, 2.75) is 32.7 Å². The zero-order valence-corrected chi connectivity index (χ0v) is 12.3. The Morgan fingerprint density at radius 1 is 1.28 bits per heavy atom. The van der Waals surface area contributed by atoms with Gasteiger partial charge in [0.15, 0.2) is 0 Å². The first-order valence-electron chi connectivity index (χ1n) is 5.78. The molecular weight excluding hydrogens is 271 g/mol. The summed E-state index contributed by atoms with van der Waals surface area (Å²) >= 11 is 11.8. The second-order valence-electron chi connectivity index (χ2n) is 5.10. The van der Waals surface area contributed by atoms with E-state index < -0.39 is 0 Å². The number of rotatable bonds is 4. The van der Waals surface area contributed by atoms with Crippen molar-refractivity contribution < 1.29 is 4.79 Å². The van der Waals surface area contributed by atoms with E-state index in [1.807, 2.05) is 20.8 Å². The molecule has 0 heterocycles. The van der Waals surface area contributed by atoms with Crippen LogP contribution < -0.4 is 10.6 Å². The second-order valence-corrected chi connectivity index (χ2v) is 5.94. The van der Waals surface area contributed by atoms with E-state index in [1.54, 1.807) is 18.2 Å². The molecule has 0 bridgehead atoms. The van der Waals surface area contributed by atoms with Gasteiger partial charge >= 0.3 is 0 Å². The highest BCUT2D eigenvalue weighted by Gasteiger charge is 2.13. The summed E-state index contributed by atoms with van der Waals surface area (Å²) in [6, 6.07) is 5.22. The molecule has 0 fully saturated rings. The number of amides is 1. The highest BCUT2D eigenvalue weighted by molar-refractivity contribution is 6.36. The summed E-state index contributed by atoms with van der Waals surface area (Å²) in [6.07, 6.45) is 0.399. The predicted octanol–water partition coefficient (Wildman–Crippen LogP) is 3.71. The first-order valence-corrected chi connectivity index (χ1v) is 6.53. The number of halogens is 2. The maximum atomic E-state index is 11.6. The van der Waals surface area contributed by atoms with E-state index in [2.05, 4.69) is 10.6 Å². The number of hydrogen-bond acceptors (Lipinski definition) is 2. The Kier molecular flexibility index (Phi) is 5.29. The maximum Gasteiger partial charge on any atom is 0.222 e. The van der Waals surface area contributed by atoms with Gasteiger partial charge in [-0.15, -0.1) is 0 Å². The summed E-state index contributed by atoms with van der Waals surface area (Å²) in [5.41, 5.74) is 0.583. The van der Waals surface area contributed by atoms with Gasteiger partial charge in [0.25, 0.3) is 0 Å². The fourth-order valence-electron chi connectivity index (χ4n) is 1.42. The smallest absolute Gasteiger partial charge is 0.222 e. The molecule has 1 rings (SSSR count). The van der Waals surface area contributed by atoms with E-state index in [9.17, 15) is 4.79 Å². The fraction of sp³-hybridized carbons (Fsp3) is 0.462. The Morgan fingerprint density at radius 3 is 2.50 bits per heavy atom. The molecule has 0 unspecified atom stereocenters. The van der Waals surface area contributed by atoms with Crippen LogP contribution in [0.4, 0.5) is 5.69 Å². The Balaban J connectivity index is 2.40. The van der Waals surface area contributed by atoms with Crippen LogP contribution in [0.25, 0.3) is 0 Å². The molecule has 1 aromatic carbocycles. The molecule has 0 saturated heterocycles. The lowest BCUT2D eigenvalue weighted by molar-refractivity contribution is -0.122. The molecule has 3 nitrogen and oxygen atoms in total. The summed E-state index contributed by atoms with van der Waals surface area (Å²) in [7, 11) is 0. The van der Waals surface area contributed by atoms with Gasteiger partial charge in [-0.1, -0.05) is 23.2 Å². The summed E-state index contributed by atoms with van der Waals surface area (Å²) in [5.74, 6) is 0.0140. The molecule has 18 heavy (non-hydrogen) atoms. The Bertz CT molecular complexity index is 427. The van der Waals surface area contributed by atoms with Crippen LogP contribution in [0.5, 0.6) is 0 Å². The number of carbonyl (C=O) groups is 1. The van der Waals surface area contributed by atoms with Gasteiger partial charge in [-0.2, -0.15) is 0 Å². The van der Waals surface area contributed by atoms with E-state index in [0.717, 1.165) is 5.69 Å². The van der Waals surface area contributed by atoms with Gasteiger partial charge in [0.05, 0.1) is 10.7 Å². The SMILES string of the molecule is CC(C)(C)NC(=O)CCNc1ccc(Cl)cc1Cl. The minimum atomic E-state index is -0.199. The van der Waals surface area contributed by atoms with Gasteiger partial charge in [0.1, 0.15) is 0 Å². The minimum Gasteiger partial charge on any atom is -0.383 e. The Hall–Kier alpha value is -0.930. The van der Waals surface area contributed by atoms with Gasteiger partial charge in [-0.25, -0.2) is 0 Å². The average molecular weight is 289 g/mol. The fourth-order valence-corrected chi connectivity index (χ4v) is 1.90. The molecule has 100 valence electrons. The van der Waals surface area contributed by atoms with Gasteiger partial charge in [-0.05, 0) is 39.0 Å². The molecule has 0 aromatic heterocycles. The predicted molar refractivity (Wildman–Crippen MR) is 77.5 cm³/mol. The first-order chi connectivity index (χ1) is 8.28. The quantitative estimate of drug-likeness (QED) is 0.887. The van der Waals surface area contributed by atoms with Crippen molar-refractivity contribution in [2.24, 2.45) is 0 Å². The van der Waals surface area contributed by atoms with Crippen LogP contribution >= 0.6 is 23.2 Å². The lowest BCUT2D eigenvalue weighted by atomic mass is 10.1. The highest BCUT2D eigenvalue weighted by Crippen LogP contribution is 2.25. The standard InChI is InChI=1S/C13H18Cl2N2O/c1-13(2,3)17-12(18)6-7-16-11-5-4-9(14)8-10(11)15/h4-5,8,16H,6-7H2,1-3H3,(H,17,18). The maximum absolute atomic E-state index is 11.6. The van der Waals surface area contributed by atoms with E-state index >= 15 is 0 Å². The number of carbonyl (C=O) groups excluding carboxylic acids is 1. The topological polar surface area (TPSA) is 41.1 Å². The van der Waals surface area contributed by atoms with Crippen molar-refractivity contribution in [3.8, 4) is 0 Å². The van der Waals surface area contributed by atoms with Crippen LogP contribution in [-0.4, -0.2) is 18.0 Å². The Morgan fingerprint density at radius 2 is 1.94 bits per heavy atom. The van der Waals surface area contributed by atoms with Crippen LogP contribution in [0.2, 0.25) is 10.0 Å². The summed E-state index contributed by atoms with van der Waals surface area (Å²) < 4.78 is 0. The van der Waals surface area contributed by atoms with Crippen molar-refractivity contribution >= 4 is 34.8 Å². The number of benzene rings is 1. The molecule has 0 spiro atoms. The van der Waals surface area contributed by atoms with Gasteiger partial charge in [-0.3, -0.25) is 4.79 Å². The average Bonchev–Trinajstić information content (AvgIpc) is 2.18. The molecule has 1 amide bonds. The van der Waals surface area contributed by atoms with Crippen LogP contribution in [-0.2, 0) is 4.79 Å². The van der Waals surface area contributed by atoms with E-state index in [-0.39, 0.29) is 11.4 Å². The van der Waals surface area contributed by atoms with Crippen LogP contribution in [0.3, 0.4) is 0 Å². The molecule has 1 aromatic rings. The molecule has 0 aliphatic heterocycles. The van der Waals surface area contributed by atoms with Crippen molar-refractivity contribution in [3.05, 3.63) is 28.2 Å². The Labute approximate surface area is 118 Å².